The molecule has 28 heavy (non-hydrogen) atoms. The second-order valence-corrected chi connectivity index (χ2v) is 8.50. The molecule has 0 bridgehead atoms. The van der Waals surface area contributed by atoms with E-state index < -0.39 is 0 Å². The van der Waals surface area contributed by atoms with Crippen molar-refractivity contribution in [2.45, 2.75) is 46.0 Å². The molecule has 4 heterocycles. The van der Waals surface area contributed by atoms with Crippen molar-refractivity contribution >= 4 is 11.9 Å². The molecule has 4 rings (SSSR count). The molecule has 6 heteroatoms. The van der Waals surface area contributed by atoms with Crippen LogP contribution in [-0.2, 0) is 20.7 Å². The van der Waals surface area contributed by atoms with E-state index in [1.807, 2.05) is 6.92 Å². The van der Waals surface area contributed by atoms with Crippen molar-refractivity contribution in [1.82, 2.24) is 14.8 Å². The number of carbonyl (C=O) groups is 2. The molecule has 0 radical (unpaired) electrons. The van der Waals surface area contributed by atoms with Crippen LogP contribution in [0.2, 0.25) is 0 Å². The third-order valence-electron chi connectivity index (χ3n) is 6.64. The van der Waals surface area contributed by atoms with E-state index in [2.05, 4.69) is 28.9 Å². The maximum atomic E-state index is 12.7. The van der Waals surface area contributed by atoms with E-state index in [-0.39, 0.29) is 23.9 Å². The second kappa shape index (κ2) is 7.66. The number of carbonyl (C=O) groups excluding carboxylic acids is 2. The van der Waals surface area contributed by atoms with Crippen LogP contribution in [0.15, 0.2) is 23.9 Å². The van der Waals surface area contributed by atoms with E-state index in [0.29, 0.717) is 13.0 Å². The molecule has 150 valence electrons. The fourth-order valence-corrected chi connectivity index (χ4v) is 4.74. The molecule has 1 amide bonds. The number of likely N-dealkylation sites (tertiary alicyclic amines) is 2. The summed E-state index contributed by atoms with van der Waals surface area (Å²) in [6.45, 7) is 8.21. The van der Waals surface area contributed by atoms with Gasteiger partial charge in [0, 0.05) is 37.0 Å². The molecule has 2 saturated heterocycles. The lowest BCUT2D eigenvalue weighted by Crippen LogP contribution is -2.49. The van der Waals surface area contributed by atoms with Crippen LogP contribution in [-0.4, -0.2) is 59.4 Å². The smallest absolute Gasteiger partial charge is 0.333 e. The van der Waals surface area contributed by atoms with E-state index in [0.717, 1.165) is 62.4 Å². The number of aromatic nitrogens is 1. The number of rotatable bonds is 4. The summed E-state index contributed by atoms with van der Waals surface area (Å²) in [5, 5.41) is 0. The third-order valence-corrected chi connectivity index (χ3v) is 6.64. The fourth-order valence-electron chi connectivity index (χ4n) is 4.74. The van der Waals surface area contributed by atoms with Gasteiger partial charge in [0.05, 0.1) is 5.70 Å². The number of hydrogen-bond donors (Lipinski definition) is 0. The fraction of sp³-hybridized carbons (Fsp3) is 0.591. The molecule has 0 aliphatic carbocycles. The Morgan fingerprint density at radius 2 is 1.86 bits per heavy atom. The minimum atomic E-state index is -0.338. The van der Waals surface area contributed by atoms with Gasteiger partial charge in [-0.25, -0.2) is 4.79 Å². The molecule has 1 spiro atoms. The van der Waals surface area contributed by atoms with E-state index in [4.69, 9.17) is 4.74 Å². The van der Waals surface area contributed by atoms with E-state index in [1.165, 1.54) is 11.6 Å². The number of esters is 1. The van der Waals surface area contributed by atoms with Gasteiger partial charge in [-0.05, 0) is 69.7 Å². The summed E-state index contributed by atoms with van der Waals surface area (Å²) < 4.78 is 4.96. The van der Waals surface area contributed by atoms with Crippen molar-refractivity contribution in [3.8, 4) is 0 Å². The number of cyclic esters (lactones) is 1. The monoisotopic (exact) mass is 383 g/mol. The van der Waals surface area contributed by atoms with Gasteiger partial charge in [0.25, 0.3) is 0 Å². The lowest BCUT2D eigenvalue weighted by atomic mass is 9.71. The zero-order chi connectivity index (χ0) is 19.7. The quantitative estimate of drug-likeness (QED) is 0.747. The molecule has 0 unspecified atom stereocenters. The topological polar surface area (TPSA) is 62.7 Å². The highest BCUT2D eigenvalue weighted by Gasteiger charge is 2.42. The molecule has 1 aromatic heterocycles. The molecule has 6 nitrogen and oxygen atoms in total. The van der Waals surface area contributed by atoms with Gasteiger partial charge in [0.1, 0.15) is 6.61 Å². The molecule has 0 saturated carbocycles. The Morgan fingerprint density at radius 3 is 2.50 bits per heavy atom. The summed E-state index contributed by atoms with van der Waals surface area (Å²) >= 11 is 0. The van der Waals surface area contributed by atoms with Crippen LogP contribution in [0, 0.1) is 19.3 Å². The first-order chi connectivity index (χ1) is 13.4. The summed E-state index contributed by atoms with van der Waals surface area (Å²) in [5.74, 6) is -0.194. The molecule has 0 atom stereocenters. The lowest BCUT2D eigenvalue weighted by molar-refractivity contribution is -0.139. The zero-order valence-electron chi connectivity index (χ0n) is 16.9. The Labute approximate surface area is 166 Å². The first-order valence-electron chi connectivity index (χ1n) is 10.3. The molecular weight excluding hydrogens is 354 g/mol. The summed E-state index contributed by atoms with van der Waals surface area (Å²) in [6.07, 6.45) is 6.24. The molecule has 1 aromatic rings. The molecule has 3 aliphatic rings. The normalized spacial score (nSPS) is 22.5. The molecule has 3 aliphatic heterocycles. The number of ether oxygens (including phenoxy) is 1. The van der Waals surface area contributed by atoms with Gasteiger partial charge in [0.15, 0.2) is 0 Å². The number of nitrogens with zero attached hydrogens (tertiary/aromatic N) is 3. The van der Waals surface area contributed by atoms with Crippen LogP contribution in [0.1, 0.15) is 42.6 Å². The first-order valence-corrected chi connectivity index (χ1v) is 10.3. The van der Waals surface area contributed by atoms with Crippen LogP contribution in [0.3, 0.4) is 0 Å². The predicted octanol–water partition coefficient (Wildman–Crippen LogP) is 2.39. The van der Waals surface area contributed by atoms with Crippen molar-refractivity contribution in [1.29, 1.82) is 0 Å². The molecule has 0 aromatic carbocycles. The van der Waals surface area contributed by atoms with Gasteiger partial charge >= 0.3 is 5.97 Å². The lowest BCUT2D eigenvalue weighted by Gasteiger charge is -2.46. The highest BCUT2D eigenvalue weighted by atomic mass is 16.5. The first kappa shape index (κ1) is 19.1. The Bertz CT molecular complexity index is 809. The van der Waals surface area contributed by atoms with Crippen molar-refractivity contribution in [3.63, 3.8) is 0 Å². The Hall–Kier alpha value is -2.21. The van der Waals surface area contributed by atoms with Crippen molar-refractivity contribution in [2.24, 2.45) is 5.41 Å². The second-order valence-electron chi connectivity index (χ2n) is 8.50. The van der Waals surface area contributed by atoms with Gasteiger partial charge in [-0.2, -0.15) is 0 Å². The molecule has 0 N–H and O–H groups in total. The largest absolute Gasteiger partial charge is 0.456 e. The Morgan fingerprint density at radius 1 is 1.11 bits per heavy atom. The zero-order valence-corrected chi connectivity index (χ0v) is 16.9. The average Bonchev–Trinajstić information content (AvgIpc) is 3.09. The summed E-state index contributed by atoms with van der Waals surface area (Å²) in [5.41, 5.74) is 4.40. The summed E-state index contributed by atoms with van der Waals surface area (Å²) in [6, 6.07) is 4.29. The third kappa shape index (κ3) is 3.97. The standard InChI is InChI=1S/C22H29N3O3/c1-16-3-4-18(17(2)23-16)5-9-24-10-6-22(7-11-24)8-12-25(20(26)14-22)19-13-21(27)28-15-19/h3-4,13H,5-12,14-15H2,1-2H3. The van der Waals surface area contributed by atoms with Gasteiger partial charge in [-0.3, -0.25) is 9.78 Å². The number of aryl methyl sites for hydroxylation is 2. The molecular formula is C22H29N3O3. The Kier molecular flexibility index (Phi) is 5.23. The van der Waals surface area contributed by atoms with Crippen LogP contribution in [0.5, 0.6) is 0 Å². The van der Waals surface area contributed by atoms with Gasteiger partial charge < -0.3 is 14.5 Å². The van der Waals surface area contributed by atoms with Gasteiger partial charge in [0.2, 0.25) is 5.91 Å². The van der Waals surface area contributed by atoms with Gasteiger partial charge in [-0.1, -0.05) is 6.07 Å². The maximum absolute atomic E-state index is 12.7. The van der Waals surface area contributed by atoms with Crippen LogP contribution in [0.4, 0.5) is 0 Å². The van der Waals surface area contributed by atoms with E-state index in [1.54, 1.807) is 4.90 Å². The SMILES string of the molecule is Cc1ccc(CCN2CCC3(CC2)CCN(C2=CC(=O)OC2)C(=O)C3)c(C)n1. The highest BCUT2D eigenvalue weighted by molar-refractivity contribution is 5.88. The minimum absolute atomic E-state index is 0.134. The van der Waals surface area contributed by atoms with E-state index >= 15 is 0 Å². The van der Waals surface area contributed by atoms with E-state index in [9.17, 15) is 9.59 Å². The minimum Gasteiger partial charge on any atom is -0.456 e. The van der Waals surface area contributed by atoms with Crippen LogP contribution < -0.4 is 0 Å². The highest BCUT2D eigenvalue weighted by Crippen LogP contribution is 2.42. The van der Waals surface area contributed by atoms with Crippen LogP contribution in [0.25, 0.3) is 0 Å². The van der Waals surface area contributed by atoms with Gasteiger partial charge in [-0.15, -0.1) is 0 Å². The van der Waals surface area contributed by atoms with Crippen LogP contribution >= 0.6 is 0 Å². The van der Waals surface area contributed by atoms with Crippen molar-refractivity contribution in [2.75, 3.05) is 32.8 Å². The molecule has 2 fully saturated rings. The average molecular weight is 383 g/mol. The Balaban J connectivity index is 1.29. The number of pyridine rings is 1. The number of hydrogen-bond acceptors (Lipinski definition) is 5. The summed E-state index contributed by atoms with van der Waals surface area (Å²) in [7, 11) is 0. The van der Waals surface area contributed by atoms with Crippen molar-refractivity contribution < 1.29 is 14.3 Å². The van der Waals surface area contributed by atoms with Crippen molar-refractivity contribution in [3.05, 3.63) is 40.9 Å². The maximum Gasteiger partial charge on any atom is 0.333 e. The predicted molar refractivity (Wildman–Crippen MR) is 106 cm³/mol. The number of piperidine rings is 2. The number of amides is 1. The summed E-state index contributed by atoms with van der Waals surface area (Å²) in [4.78, 5) is 32.9.